The van der Waals surface area contributed by atoms with E-state index in [4.69, 9.17) is 9.47 Å². The maximum absolute atomic E-state index is 11.9. The minimum atomic E-state index is -1.02. The summed E-state index contributed by atoms with van der Waals surface area (Å²) < 4.78 is 11.1. The highest BCUT2D eigenvalue weighted by Gasteiger charge is 2.30. The number of carboxylic acids is 1. The molecule has 0 rings (SSSR count). The average molecular weight is 350 g/mol. The van der Waals surface area contributed by atoms with Crippen molar-refractivity contribution < 1.29 is 19.4 Å². The smallest absolute Gasteiger partial charge is 0.337 e. The summed E-state index contributed by atoms with van der Waals surface area (Å²) in [6.07, 6.45) is 5.56. The van der Waals surface area contributed by atoms with Gasteiger partial charge in [-0.25, -0.2) is 4.79 Å². The predicted molar refractivity (Wildman–Crippen MR) is 104 cm³/mol. The molecule has 0 aromatic rings. The van der Waals surface area contributed by atoms with Crippen molar-refractivity contribution in [1.82, 2.24) is 0 Å². The van der Waals surface area contributed by atoms with Gasteiger partial charge in [0.05, 0.1) is 18.5 Å². The number of methoxy groups -OCH3 is 1. The van der Waals surface area contributed by atoms with Gasteiger partial charge in [0.25, 0.3) is 0 Å². The van der Waals surface area contributed by atoms with Crippen LogP contribution in [0.25, 0.3) is 0 Å². The molecule has 0 saturated carbocycles. The van der Waals surface area contributed by atoms with E-state index in [1.807, 2.05) is 73.6 Å². The van der Waals surface area contributed by atoms with Gasteiger partial charge in [0, 0.05) is 0 Å². The Morgan fingerprint density at radius 3 is 2.08 bits per heavy atom. The average Bonchev–Trinajstić information content (AvgIpc) is 2.52. The van der Waals surface area contributed by atoms with Crippen molar-refractivity contribution in [1.29, 1.82) is 0 Å². The Balaban J connectivity index is 6.37. The highest BCUT2D eigenvalue weighted by atomic mass is 16.5. The van der Waals surface area contributed by atoms with E-state index < -0.39 is 17.7 Å². The van der Waals surface area contributed by atoms with Crippen molar-refractivity contribution in [3.63, 3.8) is 0 Å². The van der Waals surface area contributed by atoms with Gasteiger partial charge in [-0.3, -0.25) is 0 Å². The molecule has 1 atom stereocenters. The van der Waals surface area contributed by atoms with Gasteiger partial charge in [-0.15, -0.1) is 0 Å². The molecular formula is C21H34O4. The van der Waals surface area contributed by atoms with E-state index in [1.54, 1.807) is 7.11 Å². The van der Waals surface area contributed by atoms with Crippen molar-refractivity contribution in [3.8, 4) is 0 Å². The first-order valence-electron chi connectivity index (χ1n) is 8.64. The van der Waals surface area contributed by atoms with Gasteiger partial charge in [0.1, 0.15) is 0 Å². The molecular weight excluding hydrogens is 316 g/mol. The lowest BCUT2D eigenvalue weighted by Gasteiger charge is -2.29. The molecule has 0 bridgehead atoms. The van der Waals surface area contributed by atoms with Gasteiger partial charge in [-0.2, -0.15) is 0 Å². The molecule has 0 aromatic carbocycles. The molecule has 0 saturated heterocycles. The van der Waals surface area contributed by atoms with Crippen LogP contribution in [0.15, 0.2) is 46.3 Å². The van der Waals surface area contributed by atoms with Crippen LogP contribution < -0.4 is 0 Å². The Morgan fingerprint density at radius 2 is 1.72 bits per heavy atom. The number of carbonyl (C=O) groups is 1. The number of rotatable bonds is 8. The molecule has 0 aliphatic heterocycles. The lowest BCUT2D eigenvalue weighted by atomic mass is 9.90. The topological polar surface area (TPSA) is 55.8 Å². The van der Waals surface area contributed by atoms with Gasteiger partial charge < -0.3 is 14.6 Å². The van der Waals surface area contributed by atoms with Crippen LogP contribution >= 0.6 is 0 Å². The van der Waals surface area contributed by atoms with Crippen LogP contribution in [0.4, 0.5) is 0 Å². The van der Waals surface area contributed by atoms with Crippen LogP contribution in [0.1, 0.15) is 61.8 Å². The molecule has 0 aromatic heterocycles. The largest absolute Gasteiger partial charge is 0.501 e. The molecule has 0 spiro atoms. The first-order valence-corrected chi connectivity index (χ1v) is 8.64. The van der Waals surface area contributed by atoms with Crippen LogP contribution in [-0.4, -0.2) is 29.9 Å². The second-order valence-electron chi connectivity index (χ2n) is 6.99. The van der Waals surface area contributed by atoms with E-state index in [1.165, 1.54) is 0 Å². The molecule has 4 heteroatoms. The van der Waals surface area contributed by atoms with Gasteiger partial charge in [-0.05, 0) is 83.3 Å². The molecule has 142 valence electrons. The molecule has 0 fully saturated rings. The van der Waals surface area contributed by atoms with E-state index in [9.17, 15) is 9.90 Å². The highest BCUT2D eigenvalue weighted by Crippen LogP contribution is 2.29. The Kier molecular flexibility index (Phi) is 9.50. The molecule has 4 nitrogen and oxygen atoms in total. The standard InChI is InChI=1S/C21H34O4/c1-10-14(3)18(19(20(22)23)25-21(6,7)8)16(5)17(11-2)13-12-15(4)24-9/h10,12-13,19H,11H2,1-9H3,(H,22,23). The molecule has 1 unspecified atom stereocenters. The monoisotopic (exact) mass is 350 g/mol. The lowest BCUT2D eigenvalue weighted by molar-refractivity contribution is -0.155. The number of allylic oxidation sites excluding steroid dienone is 6. The molecule has 25 heavy (non-hydrogen) atoms. The number of hydrogen-bond donors (Lipinski definition) is 1. The molecule has 0 amide bonds. The fourth-order valence-corrected chi connectivity index (χ4v) is 2.41. The normalized spacial score (nSPS) is 16.4. The molecule has 0 heterocycles. The van der Waals surface area contributed by atoms with Crippen molar-refractivity contribution in [2.45, 2.75) is 73.5 Å². The predicted octanol–water partition coefficient (Wildman–Crippen LogP) is 5.42. The maximum Gasteiger partial charge on any atom is 0.337 e. The second kappa shape index (κ2) is 10.2. The van der Waals surface area contributed by atoms with E-state index in [-0.39, 0.29) is 0 Å². The summed E-state index contributed by atoms with van der Waals surface area (Å²) in [5.41, 5.74) is 3.03. The molecule has 0 radical (unpaired) electrons. The summed E-state index contributed by atoms with van der Waals surface area (Å²) in [6.45, 7) is 15.3. The summed E-state index contributed by atoms with van der Waals surface area (Å²) in [5.74, 6) is -0.187. The van der Waals surface area contributed by atoms with Gasteiger partial charge in [-0.1, -0.05) is 19.1 Å². The number of ether oxygens (including phenoxy) is 2. The van der Waals surface area contributed by atoms with Crippen LogP contribution in [0, 0.1) is 0 Å². The summed E-state index contributed by atoms with van der Waals surface area (Å²) in [5, 5.41) is 9.77. The zero-order valence-electron chi connectivity index (χ0n) is 17.2. The highest BCUT2D eigenvalue weighted by molar-refractivity contribution is 5.79. The van der Waals surface area contributed by atoms with Crippen molar-refractivity contribution in [3.05, 3.63) is 46.3 Å². The van der Waals surface area contributed by atoms with E-state index >= 15 is 0 Å². The van der Waals surface area contributed by atoms with E-state index in [0.717, 1.165) is 28.9 Å². The minimum absolute atomic E-state index is 0.564. The summed E-state index contributed by atoms with van der Waals surface area (Å²) in [6, 6.07) is 0. The van der Waals surface area contributed by atoms with Crippen molar-refractivity contribution >= 4 is 5.97 Å². The zero-order chi connectivity index (χ0) is 19.8. The second-order valence-corrected chi connectivity index (χ2v) is 6.99. The van der Waals surface area contributed by atoms with Crippen LogP contribution in [-0.2, 0) is 14.3 Å². The minimum Gasteiger partial charge on any atom is -0.501 e. The Morgan fingerprint density at radius 1 is 1.16 bits per heavy atom. The Hall–Kier alpha value is -1.81. The number of hydrogen-bond acceptors (Lipinski definition) is 3. The van der Waals surface area contributed by atoms with Gasteiger partial charge in [0.15, 0.2) is 6.10 Å². The molecule has 0 aliphatic rings. The van der Waals surface area contributed by atoms with Crippen LogP contribution in [0.2, 0.25) is 0 Å². The summed E-state index contributed by atoms with van der Waals surface area (Å²) >= 11 is 0. The molecule has 0 aliphatic carbocycles. The Bertz CT molecular complexity index is 584. The third kappa shape index (κ3) is 7.74. The quantitative estimate of drug-likeness (QED) is 0.469. The first-order chi connectivity index (χ1) is 11.5. The maximum atomic E-state index is 11.9. The zero-order valence-corrected chi connectivity index (χ0v) is 17.2. The number of aliphatic carboxylic acids is 1. The van der Waals surface area contributed by atoms with Crippen molar-refractivity contribution in [2.75, 3.05) is 7.11 Å². The SMILES string of the molecule is CC=C(C)C(=C(C)C(=CC=C(C)OC)CC)C(OC(C)(C)C)C(=O)O. The van der Waals surface area contributed by atoms with Crippen LogP contribution in [0.3, 0.4) is 0 Å². The lowest BCUT2D eigenvalue weighted by Crippen LogP contribution is -2.35. The van der Waals surface area contributed by atoms with Gasteiger partial charge >= 0.3 is 5.97 Å². The van der Waals surface area contributed by atoms with E-state index in [2.05, 4.69) is 0 Å². The Labute approximate surface area is 152 Å². The first kappa shape index (κ1) is 23.2. The third-order valence-corrected chi connectivity index (χ3v) is 3.92. The molecule has 1 N–H and O–H groups in total. The van der Waals surface area contributed by atoms with E-state index in [0.29, 0.717) is 5.57 Å². The fraction of sp³-hybridized carbons (Fsp3) is 0.571. The number of carboxylic acid groups (broad SMARTS) is 1. The van der Waals surface area contributed by atoms with Crippen LogP contribution in [0.5, 0.6) is 0 Å². The summed E-state index contributed by atoms with van der Waals surface area (Å²) in [7, 11) is 1.63. The van der Waals surface area contributed by atoms with Crippen molar-refractivity contribution in [2.24, 2.45) is 0 Å². The fourth-order valence-electron chi connectivity index (χ4n) is 2.41. The summed E-state index contributed by atoms with van der Waals surface area (Å²) in [4.78, 5) is 11.9. The third-order valence-electron chi connectivity index (χ3n) is 3.92. The van der Waals surface area contributed by atoms with Gasteiger partial charge in [0.2, 0.25) is 0 Å².